The molecule has 1 amide bonds. The highest BCUT2D eigenvalue weighted by atomic mass is 16.2. The second-order valence-corrected chi connectivity index (χ2v) is 4.58. The zero-order valence-electron chi connectivity index (χ0n) is 10.8. The third kappa shape index (κ3) is 3.99. The van der Waals surface area contributed by atoms with E-state index in [1.807, 2.05) is 11.9 Å². The number of amides is 1. The predicted octanol–water partition coefficient (Wildman–Crippen LogP) is -1.57. The Morgan fingerprint density at radius 1 is 1.56 bits per heavy atom. The Labute approximate surface area is 107 Å². The Morgan fingerprint density at radius 3 is 2.72 bits per heavy atom. The van der Waals surface area contributed by atoms with Crippen LogP contribution in [-0.4, -0.2) is 54.8 Å². The third-order valence-corrected chi connectivity index (χ3v) is 3.04. The van der Waals surface area contributed by atoms with Crippen LogP contribution in [0.3, 0.4) is 0 Å². The largest absolute Gasteiger partial charge is 0.370 e. The summed E-state index contributed by atoms with van der Waals surface area (Å²) in [5.41, 5.74) is 10.4. The van der Waals surface area contributed by atoms with Crippen molar-refractivity contribution in [3.8, 4) is 0 Å². The Hall–Kier alpha value is -1.63. The van der Waals surface area contributed by atoms with Crippen LogP contribution in [0.25, 0.3) is 0 Å². The topological polar surface area (TPSA) is 114 Å². The molecule has 0 aromatic carbocycles. The first kappa shape index (κ1) is 14.4. The molecule has 5 N–H and O–H groups in total. The summed E-state index contributed by atoms with van der Waals surface area (Å²) in [4.78, 5) is 28.9. The molecule has 1 rings (SSSR count). The highest BCUT2D eigenvalue weighted by molar-refractivity contribution is 5.91. The van der Waals surface area contributed by atoms with Crippen molar-refractivity contribution in [2.45, 2.75) is 31.8 Å². The van der Waals surface area contributed by atoms with Gasteiger partial charge in [0, 0.05) is 13.1 Å². The van der Waals surface area contributed by atoms with E-state index in [0.717, 1.165) is 6.42 Å². The van der Waals surface area contributed by atoms with E-state index >= 15 is 0 Å². The van der Waals surface area contributed by atoms with Gasteiger partial charge >= 0.3 is 0 Å². The van der Waals surface area contributed by atoms with Crippen molar-refractivity contribution in [3.05, 3.63) is 0 Å². The number of nitrogens with two attached hydrogens (primary N) is 2. The van der Waals surface area contributed by atoms with E-state index in [2.05, 4.69) is 10.3 Å². The second kappa shape index (κ2) is 6.34. The molecule has 1 aliphatic rings. The van der Waals surface area contributed by atoms with Crippen molar-refractivity contribution >= 4 is 17.6 Å². The average molecular weight is 255 g/mol. The average Bonchev–Trinajstić information content (AvgIpc) is 2.26. The molecule has 0 aromatic rings. The van der Waals surface area contributed by atoms with Crippen LogP contribution in [0.2, 0.25) is 0 Å². The van der Waals surface area contributed by atoms with Crippen LogP contribution in [0.1, 0.15) is 19.8 Å². The smallest absolute Gasteiger partial charge is 0.237 e. The molecule has 0 unspecified atom stereocenters. The van der Waals surface area contributed by atoms with Crippen LogP contribution in [0, 0.1) is 0 Å². The molecule has 1 fully saturated rings. The number of piperazine rings is 1. The summed E-state index contributed by atoms with van der Waals surface area (Å²) in [5, 5.41) is 2.73. The van der Waals surface area contributed by atoms with Gasteiger partial charge in [0.15, 0.2) is 11.7 Å². The number of nitrogens with one attached hydrogen (secondary N) is 1. The minimum Gasteiger partial charge on any atom is -0.370 e. The van der Waals surface area contributed by atoms with Crippen molar-refractivity contribution in [3.63, 3.8) is 0 Å². The lowest BCUT2D eigenvalue weighted by Crippen LogP contribution is -2.60. The van der Waals surface area contributed by atoms with Gasteiger partial charge < -0.3 is 16.8 Å². The van der Waals surface area contributed by atoms with Crippen molar-refractivity contribution in [2.75, 3.05) is 20.1 Å². The zero-order chi connectivity index (χ0) is 13.7. The minimum absolute atomic E-state index is 0.0193. The number of nitrogens with zero attached hydrogens (tertiary/aromatic N) is 2. The Bertz CT molecular complexity index is 351. The fourth-order valence-corrected chi connectivity index (χ4v) is 2.00. The van der Waals surface area contributed by atoms with Crippen molar-refractivity contribution < 1.29 is 9.59 Å². The van der Waals surface area contributed by atoms with E-state index < -0.39 is 6.04 Å². The van der Waals surface area contributed by atoms with E-state index in [-0.39, 0.29) is 23.7 Å². The standard InChI is InChI=1S/C11H21N5O2/c1-7(17)8-6-16(2)9(10(18)15-8)4-3-5-14-11(12)13/h8-9H,3-6H2,1-2H3,(H,15,18)(H4,12,13,14)/t8-,9-/m1/s1. The maximum atomic E-state index is 11.9. The lowest BCUT2D eigenvalue weighted by molar-refractivity contribution is -0.135. The molecule has 1 aliphatic heterocycles. The number of hydrogen-bond acceptors (Lipinski definition) is 4. The van der Waals surface area contributed by atoms with Gasteiger partial charge in [-0.2, -0.15) is 0 Å². The summed E-state index contributed by atoms with van der Waals surface area (Å²) in [7, 11) is 1.85. The molecule has 2 atom stereocenters. The lowest BCUT2D eigenvalue weighted by atomic mass is 10.0. The van der Waals surface area contributed by atoms with Crippen LogP contribution in [-0.2, 0) is 9.59 Å². The summed E-state index contributed by atoms with van der Waals surface area (Å²) in [5.74, 6) is -0.0594. The van der Waals surface area contributed by atoms with Crippen LogP contribution in [0.15, 0.2) is 4.99 Å². The summed E-state index contributed by atoms with van der Waals surface area (Å²) < 4.78 is 0. The van der Waals surface area contributed by atoms with Gasteiger partial charge in [0.2, 0.25) is 5.91 Å². The van der Waals surface area contributed by atoms with E-state index in [1.54, 1.807) is 0 Å². The van der Waals surface area contributed by atoms with Crippen LogP contribution in [0.5, 0.6) is 0 Å². The number of guanidine groups is 1. The Morgan fingerprint density at radius 2 is 2.22 bits per heavy atom. The predicted molar refractivity (Wildman–Crippen MR) is 68.9 cm³/mol. The first-order chi connectivity index (χ1) is 8.41. The van der Waals surface area contributed by atoms with Gasteiger partial charge in [-0.3, -0.25) is 19.5 Å². The molecule has 18 heavy (non-hydrogen) atoms. The Kier molecular flexibility index (Phi) is 5.08. The second-order valence-electron chi connectivity index (χ2n) is 4.58. The van der Waals surface area contributed by atoms with E-state index in [1.165, 1.54) is 6.92 Å². The highest BCUT2D eigenvalue weighted by Crippen LogP contribution is 2.12. The molecule has 0 bridgehead atoms. The molecular formula is C11H21N5O2. The Balaban J connectivity index is 2.45. The molecule has 0 saturated carbocycles. The SMILES string of the molecule is CC(=O)[C@H]1CN(C)[C@H](CCCN=C(N)N)C(=O)N1. The maximum absolute atomic E-state index is 11.9. The summed E-state index contributed by atoms with van der Waals surface area (Å²) in [6.45, 7) is 2.54. The number of carbonyl (C=O) groups is 2. The zero-order valence-corrected chi connectivity index (χ0v) is 10.8. The van der Waals surface area contributed by atoms with Gasteiger partial charge in [-0.05, 0) is 26.8 Å². The van der Waals surface area contributed by atoms with Crippen molar-refractivity contribution in [1.82, 2.24) is 10.2 Å². The summed E-state index contributed by atoms with van der Waals surface area (Å²) >= 11 is 0. The number of likely N-dealkylation sites (N-methyl/N-ethyl adjacent to an activating group) is 1. The minimum atomic E-state index is -0.392. The number of rotatable bonds is 5. The molecule has 7 nitrogen and oxygen atoms in total. The van der Waals surface area contributed by atoms with Gasteiger partial charge in [-0.25, -0.2) is 0 Å². The van der Waals surface area contributed by atoms with Crippen LogP contribution in [0.4, 0.5) is 0 Å². The molecule has 1 saturated heterocycles. The fourth-order valence-electron chi connectivity index (χ4n) is 2.00. The first-order valence-corrected chi connectivity index (χ1v) is 5.98. The van der Waals surface area contributed by atoms with Gasteiger partial charge in [-0.15, -0.1) is 0 Å². The van der Waals surface area contributed by atoms with Gasteiger partial charge in [0.1, 0.15) is 0 Å². The molecule has 0 radical (unpaired) electrons. The number of aliphatic imine (C=N–C) groups is 1. The number of hydrogen-bond donors (Lipinski definition) is 3. The highest BCUT2D eigenvalue weighted by Gasteiger charge is 2.33. The molecule has 7 heteroatoms. The quantitative estimate of drug-likeness (QED) is 0.312. The number of ketones is 1. The van der Waals surface area contributed by atoms with Gasteiger partial charge in [-0.1, -0.05) is 0 Å². The molecule has 0 aliphatic carbocycles. The molecule has 0 spiro atoms. The van der Waals surface area contributed by atoms with Gasteiger partial charge in [0.05, 0.1) is 12.1 Å². The van der Waals surface area contributed by atoms with Crippen molar-refractivity contribution in [1.29, 1.82) is 0 Å². The number of Topliss-reactive ketones (excluding diaryl/α,β-unsaturated/α-hetero) is 1. The summed E-state index contributed by atoms with van der Waals surface area (Å²) in [6.07, 6.45) is 1.40. The maximum Gasteiger partial charge on any atom is 0.237 e. The molecule has 0 aromatic heterocycles. The molecule has 102 valence electrons. The fraction of sp³-hybridized carbons (Fsp3) is 0.727. The van der Waals surface area contributed by atoms with E-state index in [9.17, 15) is 9.59 Å². The van der Waals surface area contributed by atoms with E-state index in [4.69, 9.17) is 11.5 Å². The molecule has 1 heterocycles. The number of carbonyl (C=O) groups excluding carboxylic acids is 2. The normalized spacial score (nSPS) is 24.4. The first-order valence-electron chi connectivity index (χ1n) is 5.98. The third-order valence-electron chi connectivity index (χ3n) is 3.04. The molecular weight excluding hydrogens is 234 g/mol. The van der Waals surface area contributed by atoms with Crippen LogP contribution >= 0.6 is 0 Å². The van der Waals surface area contributed by atoms with Crippen molar-refractivity contribution in [2.24, 2.45) is 16.5 Å². The lowest BCUT2D eigenvalue weighted by Gasteiger charge is -2.36. The summed E-state index contributed by atoms with van der Waals surface area (Å²) in [6, 6.07) is -0.605. The monoisotopic (exact) mass is 255 g/mol. The van der Waals surface area contributed by atoms with Gasteiger partial charge in [0.25, 0.3) is 0 Å². The van der Waals surface area contributed by atoms with E-state index in [0.29, 0.717) is 19.5 Å². The van der Waals surface area contributed by atoms with Crippen LogP contribution < -0.4 is 16.8 Å².